The molecule has 0 fully saturated rings. The van der Waals surface area contributed by atoms with Crippen LogP contribution in [0.25, 0.3) is 127 Å². The zero-order valence-electron chi connectivity index (χ0n) is 41.9. The number of nitrogens with zero attached hydrogens (tertiary/aromatic N) is 3. The highest BCUT2D eigenvalue weighted by atomic mass is 16.3. The number of amidine groups is 1. The van der Waals surface area contributed by atoms with Crippen molar-refractivity contribution in [2.24, 2.45) is 4.99 Å². The van der Waals surface area contributed by atoms with Crippen molar-refractivity contribution >= 4 is 99.0 Å². The number of aromatic nitrogens is 2. The molecule has 16 rings (SSSR count). The number of rotatable bonds is 7. The molecule has 0 aliphatic carbocycles. The van der Waals surface area contributed by atoms with E-state index in [4.69, 9.17) is 13.8 Å². The molecule has 6 heteroatoms. The Morgan fingerprint density at radius 1 is 0.403 bits per heavy atom. The summed E-state index contributed by atoms with van der Waals surface area (Å²) in [6.07, 6.45) is 0. The van der Waals surface area contributed by atoms with Gasteiger partial charge in [-0.25, -0.2) is 4.99 Å². The number of hydrogen-bond donors (Lipinski definition) is 1. The van der Waals surface area contributed by atoms with Crippen molar-refractivity contribution in [3.63, 3.8) is 0 Å². The molecule has 0 radical (unpaired) electrons. The highest BCUT2D eigenvalue weighted by Crippen LogP contribution is 2.49. The van der Waals surface area contributed by atoms with E-state index in [-0.39, 0.29) is 6.04 Å². The molecule has 362 valence electrons. The van der Waals surface area contributed by atoms with Crippen LogP contribution in [0.4, 0.5) is 0 Å². The first-order chi connectivity index (χ1) is 38.1. The Labute approximate surface area is 442 Å². The van der Waals surface area contributed by atoms with Crippen molar-refractivity contribution in [3.05, 3.63) is 271 Å². The van der Waals surface area contributed by atoms with Crippen molar-refractivity contribution in [1.29, 1.82) is 0 Å². The molecular formula is C71H46N4O2. The maximum absolute atomic E-state index is 7.31. The van der Waals surface area contributed by atoms with E-state index < -0.39 is 0 Å². The molecule has 77 heavy (non-hydrogen) atoms. The molecule has 1 aliphatic heterocycles. The number of fused-ring (bicyclic) bond motifs is 13. The van der Waals surface area contributed by atoms with Crippen molar-refractivity contribution in [2.75, 3.05) is 0 Å². The summed E-state index contributed by atoms with van der Waals surface area (Å²) in [7, 11) is 0. The second kappa shape index (κ2) is 16.9. The summed E-state index contributed by atoms with van der Waals surface area (Å²) in [5.74, 6) is 0.816. The molecule has 0 bridgehead atoms. The Kier molecular flexibility index (Phi) is 9.51. The standard InChI is InChI=1S/C71H46N4O2/c1-43-66(46-21-7-3-8-22-46)72-71(47-35-33-45(34-36-47)44-19-5-2-6-20-44)73-67(43)54-38-39-60(70-64(54)53-28-14-18-32-62(53)77-70)75-59-30-16-12-27-52(59)65-68(75)55(48-37-40-63-56(41-48)51-26-13-17-31-61(51)76-63)42-57-50-25-11-15-29-58(50)74(69(57)65)49-23-9-4-10-24-49/h2-42,67H,1H3,(H,72,73). The lowest BCUT2D eigenvalue weighted by atomic mass is 9.90. The zero-order chi connectivity index (χ0) is 50.7. The molecule has 11 aromatic carbocycles. The van der Waals surface area contributed by atoms with Crippen molar-refractivity contribution < 1.29 is 8.83 Å². The monoisotopic (exact) mass is 986 g/mol. The van der Waals surface area contributed by atoms with Gasteiger partial charge < -0.3 is 23.3 Å². The van der Waals surface area contributed by atoms with E-state index >= 15 is 0 Å². The maximum atomic E-state index is 7.31. The van der Waals surface area contributed by atoms with Gasteiger partial charge >= 0.3 is 0 Å². The quantitative estimate of drug-likeness (QED) is 0.173. The number of nitrogens with one attached hydrogen (secondary N) is 1. The van der Waals surface area contributed by atoms with Crippen LogP contribution in [0.1, 0.15) is 29.7 Å². The predicted molar refractivity (Wildman–Crippen MR) is 318 cm³/mol. The van der Waals surface area contributed by atoms with Gasteiger partial charge in [0, 0.05) is 65.5 Å². The molecule has 1 unspecified atom stereocenters. The van der Waals surface area contributed by atoms with E-state index in [0.717, 1.165) is 139 Å². The Bertz CT molecular complexity index is 4940. The first-order valence-corrected chi connectivity index (χ1v) is 26.3. The van der Waals surface area contributed by atoms with Crippen LogP contribution >= 0.6 is 0 Å². The van der Waals surface area contributed by atoms with E-state index in [1.165, 1.54) is 16.3 Å². The van der Waals surface area contributed by atoms with E-state index in [0.29, 0.717) is 0 Å². The van der Waals surface area contributed by atoms with Crippen LogP contribution < -0.4 is 5.32 Å². The minimum absolute atomic E-state index is 0.254. The van der Waals surface area contributed by atoms with E-state index in [9.17, 15) is 0 Å². The van der Waals surface area contributed by atoms with Crippen LogP contribution in [0.2, 0.25) is 0 Å². The second-order valence-corrected chi connectivity index (χ2v) is 20.2. The van der Waals surface area contributed by atoms with Gasteiger partial charge in [-0.2, -0.15) is 0 Å². The number of furan rings is 2. The van der Waals surface area contributed by atoms with Gasteiger partial charge in [-0.1, -0.05) is 188 Å². The maximum Gasteiger partial charge on any atom is 0.159 e. The van der Waals surface area contributed by atoms with Crippen LogP contribution in [0.15, 0.2) is 268 Å². The zero-order valence-corrected chi connectivity index (χ0v) is 41.9. The molecule has 4 aromatic heterocycles. The molecule has 1 N–H and O–H groups in total. The molecule has 0 saturated heterocycles. The van der Waals surface area contributed by atoms with Crippen molar-refractivity contribution in [1.82, 2.24) is 14.5 Å². The topological polar surface area (TPSA) is 60.5 Å². The van der Waals surface area contributed by atoms with Gasteiger partial charge in [0.15, 0.2) is 5.58 Å². The lowest BCUT2D eigenvalue weighted by molar-refractivity contribution is 0.664. The molecule has 0 saturated carbocycles. The number of hydrogen-bond acceptors (Lipinski definition) is 4. The number of benzene rings is 11. The summed E-state index contributed by atoms with van der Waals surface area (Å²) in [5.41, 5.74) is 19.7. The Hall–Kier alpha value is -10.2. The summed E-state index contributed by atoms with van der Waals surface area (Å²) in [6, 6.07) is 88.7. The lowest BCUT2D eigenvalue weighted by Crippen LogP contribution is -2.33. The predicted octanol–water partition coefficient (Wildman–Crippen LogP) is 18.5. The first-order valence-electron chi connectivity index (χ1n) is 26.3. The third-order valence-corrected chi connectivity index (χ3v) is 16.0. The highest BCUT2D eigenvalue weighted by Gasteiger charge is 2.31. The highest BCUT2D eigenvalue weighted by molar-refractivity contribution is 6.30. The van der Waals surface area contributed by atoms with Crippen molar-refractivity contribution in [3.8, 4) is 33.6 Å². The molecule has 0 amide bonds. The van der Waals surface area contributed by atoms with Crippen LogP contribution in [-0.4, -0.2) is 15.0 Å². The van der Waals surface area contributed by atoms with Gasteiger partial charge in [0.2, 0.25) is 0 Å². The fourth-order valence-electron chi connectivity index (χ4n) is 12.5. The van der Waals surface area contributed by atoms with E-state index in [2.05, 4.69) is 264 Å². The Balaban J connectivity index is 0.988. The third-order valence-electron chi connectivity index (χ3n) is 16.0. The van der Waals surface area contributed by atoms with Gasteiger partial charge in [-0.15, -0.1) is 0 Å². The average Bonchev–Trinajstić information content (AvgIpc) is 4.33. The fourth-order valence-corrected chi connectivity index (χ4v) is 12.5. The second-order valence-electron chi connectivity index (χ2n) is 20.2. The summed E-state index contributed by atoms with van der Waals surface area (Å²) in [6.45, 7) is 2.22. The van der Waals surface area contributed by atoms with Crippen LogP contribution in [-0.2, 0) is 0 Å². The lowest BCUT2D eigenvalue weighted by Gasteiger charge is -2.29. The Morgan fingerprint density at radius 3 is 1.73 bits per heavy atom. The van der Waals surface area contributed by atoms with Gasteiger partial charge in [0.25, 0.3) is 0 Å². The fraction of sp³-hybridized carbons (Fsp3) is 0.0282. The van der Waals surface area contributed by atoms with Crippen LogP contribution in [0.5, 0.6) is 0 Å². The normalized spacial score (nSPS) is 14.0. The summed E-state index contributed by atoms with van der Waals surface area (Å²) in [4.78, 5) is 5.43. The molecule has 5 heterocycles. The molecule has 6 nitrogen and oxygen atoms in total. The number of aliphatic imine (C=N–C) groups is 1. The number of para-hydroxylation sites is 5. The van der Waals surface area contributed by atoms with E-state index in [1.54, 1.807) is 0 Å². The molecule has 15 aromatic rings. The smallest absolute Gasteiger partial charge is 0.159 e. The molecule has 1 aliphatic rings. The minimum atomic E-state index is -0.254. The average molecular weight is 987 g/mol. The largest absolute Gasteiger partial charge is 0.456 e. The Morgan fingerprint density at radius 2 is 0.974 bits per heavy atom. The van der Waals surface area contributed by atoms with Gasteiger partial charge in [0.05, 0.1) is 39.5 Å². The van der Waals surface area contributed by atoms with E-state index in [1.807, 2.05) is 6.07 Å². The van der Waals surface area contributed by atoms with Crippen LogP contribution in [0, 0.1) is 0 Å². The molecule has 1 atom stereocenters. The summed E-state index contributed by atoms with van der Waals surface area (Å²) >= 11 is 0. The first kappa shape index (κ1) is 43.3. The molecule has 0 spiro atoms. The van der Waals surface area contributed by atoms with Gasteiger partial charge in [-0.05, 0) is 95.4 Å². The summed E-state index contributed by atoms with van der Waals surface area (Å²) in [5, 5.41) is 13.0. The van der Waals surface area contributed by atoms with Gasteiger partial charge in [0.1, 0.15) is 22.6 Å². The van der Waals surface area contributed by atoms with Crippen LogP contribution in [0.3, 0.4) is 0 Å². The SMILES string of the molecule is CC1=C(c2ccccc2)N=C(c2ccc(-c3ccccc3)cc2)NC1c1ccc(-n2c3ccccc3c3c2c(-c2ccc4oc5ccccc5c4c2)cc2c4ccccc4n(-c4ccccc4)c23)c2oc3ccccc3c12. The minimum Gasteiger partial charge on any atom is -0.456 e. The third kappa shape index (κ3) is 6.58. The van der Waals surface area contributed by atoms with Crippen molar-refractivity contribution in [2.45, 2.75) is 13.0 Å². The summed E-state index contributed by atoms with van der Waals surface area (Å²) < 4.78 is 18.7. The molecular weight excluding hydrogens is 941 g/mol. The van der Waals surface area contributed by atoms with Gasteiger partial charge in [-0.3, -0.25) is 0 Å².